The number of imidazole rings is 1. The maximum Gasteiger partial charge on any atom is 0.132 e. The minimum Gasteiger partial charge on any atom is -0.496 e. The summed E-state index contributed by atoms with van der Waals surface area (Å²) >= 11 is 3.50. The van der Waals surface area contributed by atoms with Crippen molar-refractivity contribution in [2.45, 2.75) is 39.7 Å². The predicted molar refractivity (Wildman–Crippen MR) is 90.8 cm³/mol. The molecule has 0 radical (unpaired) electrons. The summed E-state index contributed by atoms with van der Waals surface area (Å²) in [6, 6.07) is 6.12. The van der Waals surface area contributed by atoms with E-state index in [2.05, 4.69) is 48.2 Å². The number of ether oxygens (including phenoxy) is 1. The molecular formula is C16H22BrN3O. The molecule has 5 heteroatoms. The van der Waals surface area contributed by atoms with Gasteiger partial charge >= 0.3 is 0 Å². The molecule has 1 aromatic heterocycles. The van der Waals surface area contributed by atoms with Crippen molar-refractivity contribution in [2.24, 2.45) is 0 Å². The van der Waals surface area contributed by atoms with Crippen molar-refractivity contribution in [3.05, 3.63) is 28.5 Å². The van der Waals surface area contributed by atoms with E-state index in [1.165, 1.54) is 0 Å². The molecule has 21 heavy (non-hydrogen) atoms. The predicted octanol–water partition coefficient (Wildman–Crippen LogP) is 4.61. The minimum atomic E-state index is 0.266. The van der Waals surface area contributed by atoms with Gasteiger partial charge in [0.15, 0.2) is 0 Å². The molecule has 2 N–H and O–H groups in total. The van der Waals surface area contributed by atoms with Crippen LogP contribution in [0.4, 0.5) is 5.82 Å². The lowest BCUT2D eigenvalue weighted by Crippen LogP contribution is -2.10. The van der Waals surface area contributed by atoms with Gasteiger partial charge in [-0.05, 0) is 32.0 Å². The Morgan fingerprint density at radius 2 is 1.90 bits per heavy atom. The van der Waals surface area contributed by atoms with Crippen molar-refractivity contribution >= 4 is 21.7 Å². The third kappa shape index (κ3) is 2.93. The lowest BCUT2D eigenvalue weighted by molar-refractivity contribution is 0.416. The van der Waals surface area contributed by atoms with Crippen molar-refractivity contribution in [1.82, 2.24) is 9.55 Å². The van der Waals surface area contributed by atoms with Crippen LogP contribution in [0.3, 0.4) is 0 Å². The fraction of sp³-hybridized carbons (Fsp3) is 0.438. The fourth-order valence-electron chi connectivity index (χ4n) is 2.48. The smallest absolute Gasteiger partial charge is 0.132 e. The largest absolute Gasteiger partial charge is 0.496 e. The second kappa shape index (κ2) is 6.10. The highest BCUT2D eigenvalue weighted by Gasteiger charge is 2.22. The van der Waals surface area contributed by atoms with E-state index in [1.807, 2.05) is 18.2 Å². The first-order valence-electron chi connectivity index (χ1n) is 7.08. The molecule has 114 valence electrons. The van der Waals surface area contributed by atoms with Gasteiger partial charge in [0, 0.05) is 22.0 Å². The first-order valence-corrected chi connectivity index (χ1v) is 7.87. The third-order valence-electron chi connectivity index (χ3n) is 3.42. The van der Waals surface area contributed by atoms with Gasteiger partial charge in [-0.3, -0.25) is 0 Å². The Labute approximate surface area is 134 Å². The van der Waals surface area contributed by atoms with Crippen molar-refractivity contribution in [3.8, 4) is 17.0 Å². The molecule has 0 amide bonds. The average molecular weight is 352 g/mol. The van der Waals surface area contributed by atoms with E-state index in [0.717, 1.165) is 27.3 Å². The normalized spacial score (nSPS) is 11.4. The highest BCUT2D eigenvalue weighted by molar-refractivity contribution is 9.10. The van der Waals surface area contributed by atoms with Gasteiger partial charge in [-0.15, -0.1) is 0 Å². The van der Waals surface area contributed by atoms with Gasteiger partial charge in [-0.2, -0.15) is 0 Å². The summed E-state index contributed by atoms with van der Waals surface area (Å²) in [6.07, 6.45) is 0. The van der Waals surface area contributed by atoms with Crippen LogP contribution in [0.5, 0.6) is 5.75 Å². The molecule has 0 unspecified atom stereocenters. The van der Waals surface area contributed by atoms with Gasteiger partial charge in [0.25, 0.3) is 0 Å². The van der Waals surface area contributed by atoms with E-state index in [-0.39, 0.29) is 6.04 Å². The number of benzene rings is 1. The zero-order chi connectivity index (χ0) is 15.7. The van der Waals surface area contributed by atoms with Crippen LogP contribution < -0.4 is 10.5 Å². The molecule has 2 aromatic rings. The van der Waals surface area contributed by atoms with Gasteiger partial charge in [-0.1, -0.05) is 29.8 Å². The Morgan fingerprint density at radius 1 is 1.24 bits per heavy atom. The molecule has 0 aliphatic heterocycles. The van der Waals surface area contributed by atoms with Crippen molar-refractivity contribution in [2.75, 3.05) is 12.8 Å². The van der Waals surface area contributed by atoms with Crippen molar-refractivity contribution < 1.29 is 4.74 Å². The standard InChI is InChI=1S/C16H22BrN3O/c1-9(2)16-19-14(15(18)20(16)10(3)4)12-8-11(17)6-7-13(12)21-5/h6-10H,18H2,1-5H3. The zero-order valence-electron chi connectivity index (χ0n) is 13.1. The number of rotatable bonds is 4. The van der Waals surface area contributed by atoms with Crippen LogP contribution in [-0.2, 0) is 0 Å². The number of nitrogens with zero attached hydrogens (tertiary/aromatic N) is 2. The number of hydrogen-bond donors (Lipinski definition) is 1. The highest BCUT2D eigenvalue weighted by Crippen LogP contribution is 2.38. The summed E-state index contributed by atoms with van der Waals surface area (Å²) in [4.78, 5) is 4.79. The summed E-state index contributed by atoms with van der Waals surface area (Å²) in [7, 11) is 1.66. The van der Waals surface area contributed by atoms with Crippen LogP contribution in [0.1, 0.15) is 45.5 Å². The summed E-state index contributed by atoms with van der Waals surface area (Å²) in [6.45, 7) is 8.49. The lowest BCUT2D eigenvalue weighted by Gasteiger charge is -2.15. The van der Waals surface area contributed by atoms with Gasteiger partial charge < -0.3 is 15.0 Å². The number of nitrogen functional groups attached to an aromatic ring is 1. The van der Waals surface area contributed by atoms with Gasteiger partial charge in [0.05, 0.1) is 7.11 Å². The number of methoxy groups -OCH3 is 1. The SMILES string of the molecule is COc1ccc(Br)cc1-c1nc(C(C)C)n(C(C)C)c1N. The van der Waals surface area contributed by atoms with E-state index >= 15 is 0 Å². The van der Waals surface area contributed by atoms with Crippen LogP contribution in [0, 0.1) is 0 Å². The average Bonchev–Trinajstić information content (AvgIpc) is 2.76. The Hall–Kier alpha value is -1.49. The summed E-state index contributed by atoms with van der Waals surface area (Å²) in [5.41, 5.74) is 8.07. The molecular weight excluding hydrogens is 330 g/mol. The van der Waals surface area contributed by atoms with Crippen LogP contribution in [0.25, 0.3) is 11.3 Å². The van der Waals surface area contributed by atoms with E-state index in [0.29, 0.717) is 11.7 Å². The fourth-order valence-corrected chi connectivity index (χ4v) is 2.84. The first kappa shape index (κ1) is 15.9. The van der Waals surface area contributed by atoms with Crippen molar-refractivity contribution in [1.29, 1.82) is 0 Å². The van der Waals surface area contributed by atoms with Gasteiger partial charge in [0.1, 0.15) is 23.1 Å². The molecule has 0 spiro atoms. The van der Waals surface area contributed by atoms with E-state index < -0.39 is 0 Å². The molecule has 0 bridgehead atoms. The molecule has 0 aliphatic rings. The summed E-state index contributed by atoms with van der Waals surface area (Å²) in [5.74, 6) is 2.76. The molecule has 0 saturated carbocycles. The third-order valence-corrected chi connectivity index (χ3v) is 3.92. The number of halogens is 1. The Kier molecular flexibility index (Phi) is 4.61. The van der Waals surface area contributed by atoms with Gasteiger partial charge in [0.2, 0.25) is 0 Å². The zero-order valence-corrected chi connectivity index (χ0v) is 14.7. The molecule has 1 aromatic carbocycles. The molecule has 0 saturated heterocycles. The molecule has 1 heterocycles. The molecule has 0 atom stereocenters. The topological polar surface area (TPSA) is 53.1 Å². The Bertz CT molecular complexity index is 647. The Balaban J connectivity index is 2.71. The van der Waals surface area contributed by atoms with Gasteiger partial charge in [-0.25, -0.2) is 4.98 Å². The molecule has 0 fully saturated rings. The van der Waals surface area contributed by atoms with E-state index in [4.69, 9.17) is 15.5 Å². The van der Waals surface area contributed by atoms with E-state index in [9.17, 15) is 0 Å². The molecule has 2 rings (SSSR count). The first-order chi connectivity index (χ1) is 9.86. The van der Waals surface area contributed by atoms with Crippen molar-refractivity contribution in [3.63, 3.8) is 0 Å². The molecule has 4 nitrogen and oxygen atoms in total. The number of aromatic nitrogens is 2. The quantitative estimate of drug-likeness (QED) is 0.874. The maximum atomic E-state index is 6.38. The summed E-state index contributed by atoms with van der Waals surface area (Å²) < 4.78 is 8.53. The maximum absolute atomic E-state index is 6.38. The van der Waals surface area contributed by atoms with E-state index in [1.54, 1.807) is 7.11 Å². The van der Waals surface area contributed by atoms with Crippen LogP contribution in [0.2, 0.25) is 0 Å². The van der Waals surface area contributed by atoms with Crippen LogP contribution in [0.15, 0.2) is 22.7 Å². The number of hydrogen-bond acceptors (Lipinski definition) is 3. The number of nitrogens with two attached hydrogens (primary N) is 1. The lowest BCUT2D eigenvalue weighted by atomic mass is 10.1. The van der Waals surface area contributed by atoms with Crippen LogP contribution >= 0.6 is 15.9 Å². The Morgan fingerprint density at radius 3 is 2.38 bits per heavy atom. The monoisotopic (exact) mass is 351 g/mol. The van der Waals surface area contributed by atoms with Crippen LogP contribution in [-0.4, -0.2) is 16.7 Å². The summed E-state index contributed by atoms with van der Waals surface area (Å²) in [5, 5.41) is 0. The highest BCUT2D eigenvalue weighted by atomic mass is 79.9. The second-order valence-corrected chi connectivity index (χ2v) is 6.58. The second-order valence-electron chi connectivity index (χ2n) is 5.67. The minimum absolute atomic E-state index is 0.266. The molecule has 0 aliphatic carbocycles. The number of anilines is 1.